The maximum Gasteiger partial charge on any atom is 0.471 e. The van der Waals surface area contributed by atoms with Gasteiger partial charge in [-0.1, -0.05) is 29.8 Å². The lowest BCUT2D eigenvalue weighted by Gasteiger charge is -2.27. The molecule has 6 nitrogen and oxygen atoms in total. The maximum atomic E-state index is 12.6. The normalized spacial score (nSPS) is 13.5. The highest BCUT2D eigenvalue weighted by Gasteiger charge is 2.40. The summed E-state index contributed by atoms with van der Waals surface area (Å²) in [4.78, 5) is 26.2. The van der Waals surface area contributed by atoms with Crippen molar-refractivity contribution in [1.82, 2.24) is 10.3 Å². The van der Waals surface area contributed by atoms with E-state index in [0.29, 0.717) is 5.56 Å². The summed E-state index contributed by atoms with van der Waals surface area (Å²) in [5.74, 6) is -2.57. The number of hydrogen-bond acceptors (Lipinski definition) is 4. The standard InChI is InChI=1S/C18H18F3N3O3/c1-10-3-5-12(6-4-10)15(11(2)24-17(26)18(19,20)21)27-13-7-8-14(16(22)25)23-9-13/h3-9,11,15H,1-2H3,(H2,22,25)(H,24,26). The molecule has 2 amide bonds. The van der Waals surface area contributed by atoms with Crippen LogP contribution in [0.15, 0.2) is 42.6 Å². The number of alkyl halides is 3. The average molecular weight is 381 g/mol. The van der Waals surface area contributed by atoms with Gasteiger partial charge in [0.05, 0.1) is 12.2 Å². The Balaban J connectivity index is 2.27. The summed E-state index contributed by atoms with van der Waals surface area (Å²) in [6, 6.07) is 8.70. The number of pyridine rings is 1. The predicted octanol–water partition coefficient (Wildman–Crippen LogP) is 2.68. The number of hydrogen-bond donors (Lipinski definition) is 2. The van der Waals surface area contributed by atoms with Crippen LogP contribution in [0.25, 0.3) is 0 Å². The number of ether oxygens (including phenoxy) is 1. The minimum atomic E-state index is -5.00. The number of primary amides is 1. The van der Waals surface area contributed by atoms with Crippen molar-refractivity contribution in [3.05, 3.63) is 59.4 Å². The Kier molecular flexibility index (Phi) is 6.04. The van der Waals surface area contributed by atoms with Gasteiger partial charge in [-0.15, -0.1) is 0 Å². The zero-order valence-corrected chi connectivity index (χ0v) is 14.6. The summed E-state index contributed by atoms with van der Waals surface area (Å²) in [6.07, 6.45) is -4.69. The summed E-state index contributed by atoms with van der Waals surface area (Å²) >= 11 is 0. The number of nitrogens with one attached hydrogen (secondary N) is 1. The second kappa shape index (κ2) is 8.07. The van der Waals surface area contributed by atoms with Gasteiger partial charge in [0, 0.05) is 0 Å². The molecule has 144 valence electrons. The Morgan fingerprint density at radius 1 is 1.15 bits per heavy atom. The highest BCUT2D eigenvalue weighted by molar-refractivity contribution is 5.90. The van der Waals surface area contributed by atoms with Crippen LogP contribution in [0.1, 0.15) is 34.6 Å². The van der Waals surface area contributed by atoms with Crippen molar-refractivity contribution in [2.75, 3.05) is 0 Å². The van der Waals surface area contributed by atoms with Crippen LogP contribution in [-0.2, 0) is 4.79 Å². The van der Waals surface area contributed by atoms with E-state index in [1.165, 1.54) is 25.3 Å². The predicted molar refractivity (Wildman–Crippen MR) is 91.0 cm³/mol. The molecule has 0 aliphatic heterocycles. The molecule has 0 bridgehead atoms. The van der Waals surface area contributed by atoms with Gasteiger partial charge >= 0.3 is 12.1 Å². The second-order valence-electron chi connectivity index (χ2n) is 5.95. The van der Waals surface area contributed by atoms with Crippen LogP contribution in [0.4, 0.5) is 13.2 Å². The molecule has 9 heteroatoms. The lowest BCUT2D eigenvalue weighted by molar-refractivity contribution is -0.174. The molecule has 0 spiro atoms. The van der Waals surface area contributed by atoms with Crippen LogP contribution in [-0.4, -0.2) is 29.0 Å². The SMILES string of the molecule is Cc1ccc(C(Oc2ccc(C(N)=O)nc2)C(C)NC(=O)C(F)(F)F)cc1. The van der Waals surface area contributed by atoms with Crippen molar-refractivity contribution in [2.45, 2.75) is 32.2 Å². The van der Waals surface area contributed by atoms with Gasteiger partial charge in [0.2, 0.25) is 0 Å². The van der Waals surface area contributed by atoms with E-state index in [0.717, 1.165) is 5.56 Å². The number of carbonyl (C=O) groups excluding carboxylic acids is 2. The van der Waals surface area contributed by atoms with E-state index in [-0.39, 0.29) is 11.4 Å². The average Bonchev–Trinajstić information content (AvgIpc) is 2.60. The number of amides is 2. The number of carbonyl (C=O) groups is 2. The van der Waals surface area contributed by atoms with Gasteiger partial charge in [-0.25, -0.2) is 4.98 Å². The monoisotopic (exact) mass is 381 g/mol. The fourth-order valence-corrected chi connectivity index (χ4v) is 2.32. The Morgan fingerprint density at radius 3 is 2.26 bits per heavy atom. The molecule has 2 rings (SSSR count). The van der Waals surface area contributed by atoms with Crippen LogP contribution >= 0.6 is 0 Å². The zero-order chi connectivity index (χ0) is 20.2. The number of halogens is 3. The number of nitrogens with zero attached hydrogens (tertiary/aromatic N) is 1. The van der Waals surface area contributed by atoms with Crippen molar-refractivity contribution < 1.29 is 27.5 Å². The van der Waals surface area contributed by atoms with E-state index < -0.39 is 30.1 Å². The van der Waals surface area contributed by atoms with Gasteiger partial charge in [0.15, 0.2) is 0 Å². The van der Waals surface area contributed by atoms with E-state index in [4.69, 9.17) is 10.5 Å². The molecular formula is C18H18F3N3O3. The van der Waals surface area contributed by atoms with Crippen molar-refractivity contribution in [3.8, 4) is 5.75 Å². The third kappa shape index (κ3) is 5.44. The van der Waals surface area contributed by atoms with Crippen LogP contribution in [0, 0.1) is 6.92 Å². The highest BCUT2D eigenvalue weighted by atomic mass is 19.4. The zero-order valence-electron chi connectivity index (χ0n) is 14.6. The number of rotatable bonds is 6. The Labute approximate surface area is 153 Å². The Hall–Kier alpha value is -3.10. The molecule has 0 aliphatic carbocycles. The van der Waals surface area contributed by atoms with Crippen molar-refractivity contribution in [2.24, 2.45) is 5.73 Å². The molecule has 0 saturated carbocycles. The lowest BCUT2D eigenvalue weighted by atomic mass is 10.0. The summed E-state index contributed by atoms with van der Waals surface area (Å²) < 4.78 is 43.5. The molecule has 2 unspecified atom stereocenters. The molecule has 0 fully saturated rings. The van der Waals surface area contributed by atoms with Gasteiger partial charge in [0.1, 0.15) is 17.5 Å². The first kappa shape index (κ1) is 20.2. The highest BCUT2D eigenvalue weighted by Crippen LogP contribution is 2.26. The number of aryl methyl sites for hydroxylation is 1. The van der Waals surface area contributed by atoms with Gasteiger partial charge in [0.25, 0.3) is 5.91 Å². The smallest absolute Gasteiger partial charge is 0.471 e. The van der Waals surface area contributed by atoms with Gasteiger partial charge in [-0.3, -0.25) is 9.59 Å². The quantitative estimate of drug-likeness (QED) is 0.804. The number of aromatic nitrogens is 1. The minimum absolute atomic E-state index is 0.0210. The first-order valence-corrected chi connectivity index (χ1v) is 7.94. The molecule has 1 aromatic heterocycles. The first-order valence-electron chi connectivity index (χ1n) is 7.94. The third-order valence-electron chi connectivity index (χ3n) is 3.73. The Morgan fingerprint density at radius 2 is 1.78 bits per heavy atom. The molecular weight excluding hydrogens is 363 g/mol. The molecule has 3 N–H and O–H groups in total. The number of benzene rings is 1. The number of nitrogens with two attached hydrogens (primary N) is 1. The molecule has 27 heavy (non-hydrogen) atoms. The lowest BCUT2D eigenvalue weighted by Crippen LogP contribution is -2.45. The van der Waals surface area contributed by atoms with E-state index in [1.807, 2.05) is 12.2 Å². The van der Waals surface area contributed by atoms with Crippen LogP contribution in [0.2, 0.25) is 0 Å². The summed E-state index contributed by atoms with van der Waals surface area (Å²) in [5.41, 5.74) is 6.66. The third-order valence-corrected chi connectivity index (χ3v) is 3.73. The van der Waals surface area contributed by atoms with E-state index in [1.54, 1.807) is 24.3 Å². The molecule has 2 aromatic rings. The molecule has 1 heterocycles. The van der Waals surface area contributed by atoms with Gasteiger partial charge in [-0.2, -0.15) is 13.2 Å². The molecule has 2 atom stereocenters. The second-order valence-corrected chi connectivity index (χ2v) is 5.95. The van der Waals surface area contributed by atoms with Crippen molar-refractivity contribution in [3.63, 3.8) is 0 Å². The molecule has 1 aromatic carbocycles. The van der Waals surface area contributed by atoms with Crippen LogP contribution in [0.5, 0.6) is 5.75 Å². The van der Waals surface area contributed by atoms with E-state index in [9.17, 15) is 22.8 Å². The van der Waals surface area contributed by atoms with Gasteiger partial charge in [-0.05, 0) is 31.5 Å². The van der Waals surface area contributed by atoms with Crippen molar-refractivity contribution >= 4 is 11.8 Å². The van der Waals surface area contributed by atoms with Crippen LogP contribution < -0.4 is 15.8 Å². The molecule has 0 radical (unpaired) electrons. The Bertz CT molecular complexity index is 805. The summed E-state index contributed by atoms with van der Waals surface area (Å²) in [7, 11) is 0. The summed E-state index contributed by atoms with van der Waals surface area (Å²) in [6.45, 7) is 3.26. The van der Waals surface area contributed by atoms with Crippen molar-refractivity contribution in [1.29, 1.82) is 0 Å². The molecule has 0 saturated heterocycles. The van der Waals surface area contributed by atoms with Gasteiger partial charge < -0.3 is 15.8 Å². The first-order chi connectivity index (χ1) is 12.6. The summed E-state index contributed by atoms with van der Waals surface area (Å²) in [5, 5.41) is 1.90. The minimum Gasteiger partial charge on any atom is -0.482 e. The topological polar surface area (TPSA) is 94.3 Å². The maximum absolute atomic E-state index is 12.6. The van der Waals surface area contributed by atoms with Crippen LogP contribution in [0.3, 0.4) is 0 Å². The largest absolute Gasteiger partial charge is 0.482 e. The molecule has 0 aliphatic rings. The fraction of sp³-hybridized carbons (Fsp3) is 0.278. The van der Waals surface area contributed by atoms with E-state index >= 15 is 0 Å². The van der Waals surface area contributed by atoms with E-state index in [2.05, 4.69) is 4.98 Å². The fourth-order valence-electron chi connectivity index (χ4n) is 2.32.